The Balaban J connectivity index is 2.70. The van der Waals surface area contributed by atoms with Crippen molar-refractivity contribution in [2.24, 2.45) is 0 Å². The van der Waals surface area contributed by atoms with Gasteiger partial charge in [0.1, 0.15) is 17.3 Å². The summed E-state index contributed by atoms with van der Waals surface area (Å²) in [5.41, 5.74) is 0.429. The van der Waals surface area contributed by atoms with Gasteiger partial charge in [-0.25, -0.2) is 13.6 Å². The lowest BCUT2D eigenvalue weighted by Gasteiger charge is -2.13. The van der Waals surface area contributed by atoms with Gasteiger partial charge in [0.05, 0.1) is 11.3 Å². The molecule has 0 bridgehead atoms. The molecule has 1 aromatic heterocycles. The lowest BCUT2D eigenvalue weighted by molar-refractivity contribution is 0.0685. The highest BCUT2D eigenvalue weighted by Crippen LogP contribution is 2.30. The molecule has 0 spiro atoms. The highest BCUT2D eigenvalue weighted by molar-refractivity contribution is 5.87. The molecule has 3 nitrogen and oxygen atoms in total. The first-order chi connectivity index (χ1) is 9.47. The smallest absolute Gasteiger partial charge is 0.352 e. The Morgan fingerprint density at radius 1 is 1.25 bits per heavy atom. The number of rotatable bonds is 4. The predicted molar refractivity (Wildman–Crippen MR) is 71.8 cm³/mol. The van der Waals surface area contributed by atoms with Crippen LogP contribution >= 0.6 is 0 Å². The maximum absolute atomic E-state index is 14.2. The third-order valence-corrected chi connectivity index (χ3v) is 3.19. The Bertz CT molecular complexity index is 662. The summed E-state index contributed by atoms with van der Waals surface area (Å²) in [7, 11) is 0. The summed E-state index contributed by atoms with van der Waals surface area (Å²) in [5, 5.41) is 9.14. The Labute approximate surface area is 115 Å². The van der Waals surface area contributed by atoms with Crippen LogP contribution in [0.15, 0.2) is 24.3 Å². The van der Waals surface area contributed by atoms with Crippen LogP contribution in [0.2, 0.25) is 0 Å². The van der Waals surface area contributed by atoms with Crippen LogP contribution in [0.5, 0.6) is 0 Å². The van der Waals surface area contributed by atoms with Crippen LogP contribution in [0.25, 0.3) is 11.3 Å². The molecule has 1 heterocycles. The van der Waals surface area contributed by atoms with E-state index in [9.17, 15) is 13.6 Å². The van der Waals surface area contributed by atoms with E-state index in [2.05, 4.69) is 0 Å². The van der Waals surface area contributed by atoms with Gasteiger partial charge in [-0.05, 0) is 37.1 Å². The normalized spacial score (nSPS) is 10.8. The van der Waals surface area contributed by atoms with Crippen molar-refractivity contribution < 1.29 is 18.7 Å². The monoisotopic (exact) mass is 279 g/mol. The zero-order chi connectivity index (χ0) is 14.9. The van der Waals surface area contributed by atoms with Crippen molar-refractivity contribution in [3.05, 3.63) is 47.2 Å². The number of hydrogen-bond acceptors (Lipinski definition) is 1. The standard InChI is InChI=1S/C15H15F2NO2/c1-3-8-18-11(6-7-12(18)15(19)20)13-10(16)5-4-9(2)14(13)17/h4-7H,3,8H2,1-2H3,(H,19,20). The summed E-state index contributed by atoms with van der Waals surface area (Å²) in [4.78, 5) is 11.2. The average molecular weight is 279 g/mol. The van der Waals surface area contributed by atoms with Crippen molar-refractivity contribution in [2.75, 3.05) is 0 Å². The lowest BCUT2D eigenvalue weighted by Crippen LogP contribution is -2.10. The molecule has 1 N–H and O–H groups in total. The maximum Gasteiger partial charge on any atom is 0.352 e. The molecule has 106 valence electrons. The lowest BCUT2D eigenvalue weighted by atomic mass is 10.1. The largest absolute Gasteiger partial charge is 0.477 e. The fraction of sp³-hybridized carbons (Fsp3) is 0.267. The molecular formula is C15H15F2NO2. The second kappa shape index (κ2) is 5.45. The second-order valence-electron chi connectivity index (χ2n) is 4.61. The Morgan fingerprint density at radius 2 is 1.95 bits per heavy atom. The number of aromatic nitrogens is 1. The molecule has 1 aromatic carbocycles. The van der Waals surface area contributed by atoms with Crippen LogP contribution in [0.3, 0.4) is 0 Å². The van der Waals surface area contributed by atoms with E-state index in [1.54, 1.807) is 6.92 Å². The molecule has 0 atom stereocenters. The molecule has 2 rings (SSSR count). The van der Waals surface area contributed by atoms with Gasteiger partial charge in [0.2, 0.25) is 0 Å². The van der Waals surface area contributed by atoms with Crippen LogP contribution in [0.1, 0.15) is 29.4 Å². The van der Waals surface area contributed by atoms with Crippen LogP contribution in [-0.4, -0.2) is 15.6 Å². The predicted octanol–water partition coefficient (Wildman–Crippen LogP) is 3.85. The van der Waals surface area contributed by atoms with Gasteiger partial charge in [-0.2, -0.15) is 0 Å². The van der Waals surface area contributed by atoms with Gasteiger partial charge < -0.3 is 9.67 Å². The quantitative estimate of drug-likeness (QED) is 0.923. The van der Waals surface area contributed by atoms with E-state index >= 15 is 0 Å². The highest BCUT2D eigenvalue weighted by Gasteiger charge is 2.20. The molecule has 0 saturated heterocycles. The van der Waals surface area contributed by atoms with Crippen molar-refractivity contribution in [1.82, 2.24) is 4.57 Å². The molecule has 0 aliphatic carbocycles. The van der Waals surface area contributed by atoms with Crippen molar-refractivity contribution in [1.29, 1.82) is 0 Å². The first kappa shape index (κ1) is 14.2. The number of aromatic carboxylic acids is 1. The molecule has 0 amide bonds. The van der Waals surface area contributed by atoms with Gasteiger partial charge in [0.25, 0.3) is 0 Å². The van der Waals surface area contributed by atoms with E-state index in [1.807, 2.05) is 6.92 Å². The van der Waals surface area contributed by atoms with Gasteiger partial charge in [-0.3, -0.25) is 0 Å². The van der Waals surface area contributed by atoms with Gasteiger partial charge in [-0.1, -0.05) is 13.0 Å². The summed E-state index contributed by atoms with van der Waals surface area (Å²) in [6, 6.07) is 5.37. The van der Waals surface area contributed by atoms with Gasteiger partial charge >= 0.3 is 5.97 Å². The van der Waals surface area contributed by atoms with Crippen molar-refractivity contribution in [3.63, 3.8) is 0 Å². The van der Waals surface area contributed by atoms with Crippen molar-refractivity contribution in [3.8, 4) is 11.3 Å². The number of carbonyl (C=O) groups is 1. The molecule has 5 heteroatoms. The molecule has 0 saturated carbocycles. The van der Waals surface area contributed by atoms with Crippen LogP contribution in [-0.2, 0) is 6.54 Å². The molecule has 0 fully saturated rings. The third-order valence-electron chi connectivity index (χ3n) is 3.19. The molecule has 0 aliphatic heterocycles. The Hall–Kier alpha value is -2.17. The molecule has 20 heavy (non-hydrogen) atoms. The van der Waals surface area contributed by atoms with Crippen LogP contribution < -0.4 is 0 Å². The molecule has 0 radical (unpaired) electrons. The summed E-state index contributed by atoms with van der Waals surface area (Å²) in [6.07, 6.45) is 0.664. The zero-order valence-electron chi connectivity index (χ0n) is 11.3. The maximum atomic E-state index is 14.2. The van der Waals surface area contributed by atoms with E-state index in [-0.39, 0.29) is 17.0 Å². The van der Waals surface area contributed by atoms with Gasteiger partial charge in [0, 0.05) is 6.54 Å². The number of carboxylic acids is 1. The van der Waals surface area contributed by atoms with E-state index in [0.29, 0.717) is 18.5 Å². The molecular weight excluding hydrogens is 264 g/mol. The molecule has 0 unspecified atom stereocenters. The summed E-state index contributed by atoms with van der Waals surface area (Å²) in [6.45, 7) is 3.80. The molecule has 0 aliphatic rings. The number of carboxylic acid groups (broad SMARTS) is 1. The van der Waals surface area contributed by atoms with Crippen molar-refractivity contribution >= 4 is 5.97 Å². The van der Waals surface area contributed by atoms with Crippen LogP contribution in [0.4, 0.5) is 8.78 Å². The number of benzene rings is 1. The minimum atomic E-state index is -1.11. The van der Waals surface area contributed by atoms with E-state index in [0.717, 1.165) is 0 Å². The Morgan fingerprint density at radius 3 is 2.55 bits per heavy atom. The highest BCUT2D eigenvalue weighted by atomic mass is 19.1. The van der Waals surface area contributed by atoms with Gasteiger partial charge in [0.15, 0.2) is 0 Å². The van der Waals surface area contributed by atoms with E-state index < -0.39 is 17.6 Å². The number of aryl methyl sites for hydroxylation is 1. The topological polar surface area (TPSA) is 42.2 Å². The average Bonchev–Trinajstić information content (AvgIpc) is 2.79. The fourth-order valence-corrected chi connectivity index (χ4v) is 2.23. The Kier molecular flexibility index (Phi) is 3.88. The first-order valence-corrected chi connectivity index (χ1v) is 6.35. The van der Waals surface area contributed by atoms with E-state index in [4.69, 9.17) is 5.11 Å². The summed E-state index contributed by atoms with van der Waals surface area (Å²) >= 11 is 0. The fourth-order valence-electron chi connectivity index (χ4n) is 2.23. The van der Waals surface area contributed by atoms with Gasteiger partial charge in [-0.15, -0.1) is 0 Å². The summed E-state index contributed by atoms with van der Waals surface area (Å²) < 4.78 is 29.6. The van der Waals surface area contributed by atoms with Crippen molar-refractivity contribution in [2.45, 2.75) is 26.8 Å². The number of nitrogens with zero attached hydrogens (tertiary/aromatic N) is 1. The third kappa shape index (κ3) is 2.31. The number of halogens is 2. The molecule has 2 aromatic rings. The first-order valence-electron chi connectivity index (χ1n) is 6.35. The number of hydrogen-bond donors (Lipinski definition) is 1. The summed E-state index contributed by atoms with van der Waals surface area (Å²) in [5.74, 6) is -2.46. The second-order valence-corrected chi connectivity index (χ2v) is 4.61. The minimum Gasteiger partial charge on any atom is -0.477 e. The SMILES string of the molecule is CCCn1c(C(=O)O)ccc1-c1c(F)ccc(C)c1F. The zero-order valence-corrected chi connectivity index (χ0v) is 11.3. The minimum absolute atomic E-state index is 0.0298. The van der Waals surface area contributed by atoms with Crippen LogP contribution in [0, 0.1) is 18.6 Å². The van der Waals surface area contributed by atoms with E-state index in [1.165, 1.54) is 28.8 Å².